The molecule has 0 radical (unpaired) electrons. The molecule has 0 aromatic heterocycles. The lowest BCUT2D eigenvalue weighted by Crippen LogP contribution is -2.29. The van der Waals surface area contributed by atoms with Gasteiger partial charge in [-0.25, -0.2) is 9.59 Å². The van der Waals surface area contributed by atoms with Gasteiger partial charge >= 0.3 is 11.9 Å². The predicted octanol–water partition coefficient (Wildman–Crippen LogP) is 1.07. The summed E-state index contributed by atoms with van der Waals surface area (Å²) in [5.41, 5.74) is 0.387. The van der Waals surface area contributed by atoms with Crippen LogP contribution in [-0.4, -0.2) is 72.9 Å². The van der Waals surface area contributed by atoms with Gasteiger partial charge in [-0.15, -0.1) is 0 Å². The van der Waals surface area contributed by atoms with Crippen LogP contribution >= 0.6 is 0 Å². The number of amides is 2. The van der Waals surface area contributed by atoms with E-state index in [1.165, 1.54) is 0 Å². The lowest BCUT2D eigenvalue weighted by molar-refractivity contribution is -0.141. The van der Waals surface area contributed by atoms with Crippen molar-refractivity contribution in [2.45, 2.75) is 32.6 Å². The van der Waals surface area contributed by atoms with Crippen LogP contribution in [0.2, 0.25) is 0 Å². The molecule has 2 amide bonds. The fourth-order valence-electron chi connectivity index (χ4n) is 2.57. The van der Waals surface area contributed by atoms with Crippen molar-refractivity contribution in [1.29, 1.82) is 0 Å². The lowest BCUT2D eigenvalue weighted by Gasteiger charge is -2.14. The molecular formula is C19H28N2O6. The minimum absolute atomic E-state index is 0.148. The van der Waals surface area contributed by atoms with Crippen molar-refractivity contribution in [3.63, 3.8) is 0 Å². The van der Waals surface area contributed by atoms with Crippen LogP contribution in [0.25, 0.3) is 0 Å². The van der Waals surface area contributed by atoms with Crippen LogP contribution in [0.5, 0.6) is 0 Å². The largest absolute Gasteiger partial charge is 0.461 e. The maximum atomic E-state index is 11.2. The zero-order valence-electron chi connectivity index (χ0n) is 15.9. The summed E-state index contributed by atoms with van der Waals surface area (Å²) in [7, 11) is 0. The molecule has 0 aliphatic carbocycles. The molecule has 0 saturated carbocycles. The first kappa shape index (κ1) is 22.4. The molecule has 2 aliphatic rings. The zero-order valence-corrected chi connectivity index (χ0v) is 15.9. The molecule has 150 valence electrons. The van der Waals surface area contributed by atoms with Crippen molar-refractivity contribution in [1.82, 2.24) is 9.80 Å². The summed E-state index contributed by atoms with van der Waals surface area (Å²) < 4.78 is 9.63. The molecule has 2 fully saturated rings. The normalized spacial score (nSPS) is 15.9. The molecular weight excluding hydrogens is 352 g/mol. The van der Waals surface area contributed by atoms with Crippen LogP contribution in [0.4, 0.5) is 0 Å². The molecule has 0 aromatic rings. The second kappa shape index (κ2) is 11.9. The van der Waals surface area contributed by atoms with Gasteiger partial charge in [-0.05, 0) is 19.8 Å². The van der Waals surface area contributed by atoms with E-state index in [1.807, 2.05) is 0 Å². The standard InChI is InChI=1S/C10H15NO3.C9H13NO3/c1-8(2)10(13)14-7-6-11-5-3-4-9(11)12;1-2-9(12)13-7-6-10-5-3-4-8(10)11/h1,3-7H2,2H3;2H,1,3-7H2. The summed E-state index contributed by atoms with van der Waals surface area (Å²) >= 11 is 0. The Labute approximate surface area is 159 Å². The van der Waals surface area contributed by atoms with E-state index in [1.54, 1.807) is 16.7 Å². The van der Waals surface area contributed by atoms with Gasteiger partial charge in [-0.2, -0.15) is 0 Å². The number of rotatable bonds is 8. The number of esters is 2. The molecule has 2 rings (SSSR count). The molecule has 8 heteroatoms. The van der Waals surface area contributed by atoms with Crippen molar-refractivity contribution in [2.75, 3.05) is 39.4 Å². The van der Waals surface area contributed by atoms with Gasteiger partial charge in [0.1, 0.15) is 13.2 Å². The maximum Gasteiger partial charge on any atom is 0.333 e. The Morgan fingerprint density at radius 3 is 1.85 bits per heavy atom. The Bertz CT molecular complexity index is 587. The molecule has 27 heavy (non-hydrogen) atoms. The minimum Gasteiger partial charge on any atom is -0.461 e. The van der Waals surface area contributed by atoms with Gasteiger partial charge in [0.25, 0.3) is 0 Å². The lowest BCUT2D eigenvalue weighted by atomic mass is 10.4. The third kappa shape index (κ3) is 8.52. The first-order valence-electron chi connectivity index (χ1n) is 9.02. The highest BCUT2D eigenvalue weighted by Gasteiger charge is 2.20. The van der Waals surface area contributed by atoms with Crippen LogP contribution in [0.3, 0.4) is 0 Å². The van der Waals surface area contributed by atoms with Gasteiger partial charge in [-0.1, -0.05) is 13.2 Å². The summed E-state index contributed by atoms with van der Waals surface area (Å²) in [5, 5.41) is 0. The molecule has 8 nitrogen and oxygen atoms in total. The number of nitrogens with zero attached hydrogens (tertiary/aromatic N) is 2. The van der Waals surface area contributed by atoms with Crippen molar-refractivity contribution < 1.29 is 28.7 Å². The first-order chi connectivity index (χ1) is 12.8. The Hall–Kier alpha value is -2.64. The summed E-state index contributed by atoms with van der Waals surface area (Å²) in [4.78, 5) is 47.3. The van der Waals surface area contributed by atoms with Crippen LogP contribution < -0.4 is 0 Å². The van der Waals surface area contributed by atoms with Gasteiger partial charge in [0.05, 0.1) is 13.1 Å². The van der Waals surface area contributed by atoms with E-state index in [2.05, 4.69) is 13.2 Å². The third-order valence-corrected chi connectivity index (χ3v) is 4.06. The number of ether oxygens (including phenoxy) is 2. The van der Waals surface area contributed by atoms with E-state index in [4.69, 9.17) is 9.47 Å². The maximum absolute atomic E-state index is 11.2. The van der Waals surface area contributed by atoms with Crippen molar-refractivity contribution in [2.24, 2.45) is 0 Å². The van der Waals surface area contributed by atoms with Crippen LogP contribution in [0.15, 0.2) is 24.8 Å². The van der Waals surface area contributed by atoms with E-state index < -0.39 is 11.9 Å². The molecule has 0 atom stereocenters. The summed E-state index contributed by atoms with van der Waals surface area (Å²) in [6, 6.07) is 0. The SMILES string of the molecule is C=C(C)C(=O)OCCN1CCCC1=O.C=CC(=O)OCCN1CCCC1=O. The minimum atomic E-state index is -0.438. The highest BCUT2D eigenvalue weighted by atomic mass is 16.5. The zero-order chi connectivity index (χ0) is 20.2. The quantitative estimate of drug-likeness (QED) is 0.462. The number of carbonyl (C=O) groups is 4. The Morgan fingerprint density at radius 2 is 1.48 bits per heavy atom. The smallest absolute Gasteiger partial charge is 0.333 e. The number of hydrogen-bond acceptors (Lipinski definition) is 6. The van der Waals surface area contributed by atoms with Crippen LogP contribution in [0, 0.1) is 0 Å². The number of hydrogen-bond donors (Lipinski definition) is 0. The van der Waals surface area contributed by atoms with Crippen molar-refractivity contribution in [3.8, 4) is 0 Å². The van der Waals surface area contributed by atoms with E-state index in [-0.39, 0.29) is 25.0 Å². The van der Waals surface area contributed by atoms with E-state index in [9.17, 15) is 19.2 Å². The Balaban J connectivity index is 0.000000271. The summed E-state index contributed by atoms with van der Waals surface area (Å²) in [6.45, 7) is 11.4. The van der Waals surface area contributed by atoms with E-state index in [0.29, 0.717) is 31.5 Å². The van der Waals surface area contributed by atoms with Gasteiger partial charge in [-0.3, -0.25) is 9.59 Å². The molecule has 2 aliphatic heterocycles. The monoisotopic (exact) mass is 380 g/mol. The molecule has 2 saturated heterocycles. The first-order valence-corrected chi connectivity index (χ1v) is 9.02. The van der Waals surface area contributed by atoms with Crippen LogP contribution in [-0.2, 0) is 28.7 Å². The van der Waals surface area contributed by atoms with Crippen LogP contribution in [0.1, 0.15) is 32.6 Å². The number of likely N-dealkylation sites (tertiary alicyclic amines) is 2. The molecule has 2 heterocycles. The van der Waals surface area contributed by atoms with Gasteiger partial charge < -0.3 is 19.3 Å². The average molecular weight is 380 g/mol. The predicted molar refractivity (Wildman–Crippen MR) is 98.6 cm³/mol. The Morgan fingerprint density at radius 1 is 1.00 bits per heavy atom. The van der Waals surface area contributed by atoms with Crippen molar-refractivity contribution >= 4 is 23.8 Å². The van der Waals surface area contributed by atoms with E-state index >= 15 is 0 Å². The fraction of sp³-hybridized carbons (Fsp3) is 0.579. The van der Waals surface area contributed by atoms with Crippen molar-refractivity contribution in [3.05, 3.63) is 24.8 Å². The topological polar surface area (TPSA) is 93.2 Å². The number of carbonyl (C=O) groups excluding carboxylic acids is 4. The molecule has 0 unspecified atom stereocenters. The fourth-order valence-corrected chi connectivity index (χ4v) is 2.57. The third-order valence-electron chi connectivity index (χ3n) is 4.06. The highest BCUT2D eigenvalue weighted by Crippen LogP contribution is 2.09. The Kier molecular flexibility index (Phi) is 9.85. The van der Waals surface area contributed by atoms with Gasteiger partial charge in [0.15, 0.2) is 0 Å². The second-order valence-electron chi connectivity index (χ2n) is 6.26. The molecule has 0 spiro atoms. The molecule has 0 bridgehead atoms. The highest BCUT2D eigenvalue weighted by molar-refractivity contribution is 5.87. The second-order valence-corrected chi connectivity index (χ2v) is 6.26. The molecule has 0 N–H and O–H groups in total. The van der Waals surface area contributed by atoms with Gasteiger partial charge in [0, 0.05) is 37.6 Å². The summed E-state index contributed by atoms with van der Waals surface area (Å²) in [5.74, 6) is -0.533. The molecule has 0 aromatic carbocycles. The van der Waals surface area contributed by atoms with Gasteiger partial charge in [0.2, 0.25) is 11.8 Å². The van der Waals surface area contributed by atoms with E-state index in [0.717, 1.165) is 32.0 Å². The average Bonchev–Trinajstić information content (AvgIpc) is 3.23. The summed E-state index contributed by atoms with van der Waals surface area (Å²) in [6.07, 6.45) is 4.18.